The Morgan fingerprint density at radius 1 is 0.903 bits per heavy atom. The lowest BCUT2D eigenvalue weighted by Gasteiger charge is -2.43. The molecule has 11 nitrogen and oxygen atoms in total. The number of methoxy groups -OCH3 is 1. The molecule has 0 aliphatic carbocycles. The highest BCUT2D eigenvalue weighted by Gasteiger charge is 2.55. The molecule has 12 heteroatoms. The fourth-order valence-electron chi connectivity index (χ4n) is 2.92. The van der Waals surface area contributed by atoms with Gasteiger partial charge in [-0.25, -0.2) is 4.79 Å². The van der Waals surface area contributed by atoms with Crippen molar-refractivity contribution in [2.24, 2.45) is 0 Å². The van der Waals surface area contributed by atoms with E-state index in [0.717, 1.165) is 27.9 Å². The molecular formula is C19H21IO11. The molecule has 1 N–H and O–H groups in total. The van der Waals surface area contributed by atoms with E-state index in [9.17, 15) is 24.3 Å². The van der Waals surface area contributed by atoms with Gasteiger partial charge in [-0.3, -0.25) is 14.4 Å². The Hall–Kier alpha value is -2.61. The van der Waals surface area contributed by atoms with Crippen molar-refractivity contribution < 1.29 is 52.7 Å². The van der Waals surface area contributed by atoms with E-state index in [-0.39, 0.29) is 11.5 Å². The molecule has 170 valence electrons. The van der Waals surface area contributed by atoms with Crippen molar-refractivity contribution in [1.82, 2.24) is 0 Å². The van der Waals surface area contributed by atoms with E-state index in [1.165, 1.54) is 12.1 Å². The maximum absolute atomic E-state index is 12.3. The second kappa shape index (κ2) is 10.6. The molecule has 0 spiro atoms. The summed E-state index contributed by atoms with van der Waals surface area (Å²) in [4.78, 5) is 47.5. The van der Waals surface area contributed by atoms with E-state index in [1.54, 1.807) is 6.07 Å². The largest absolute Gasteiger partial charge is 0.508 e. The fraction of sp³-hybridized carbons (Fsp3) is 0.474. The topological polar surface area (TPSA) is 144 Å². The smallest absolute Gasteiger partial charge is 0.339 e. The van der Waals surface area contributed by atoms with Crippen LogP contribution >= 0.6 is 22.6 Å². The summed E-state index contributed by atoms with van der Waals surface area (Å²) in [5.74, 6) is -3.31. The Morgan fingerprint density at radius 2 is 1.45 bits per heavy atom. The van der Waals surface area contributed by atoms with Gasteiger partial charge in [-0.05, 0) is 34.7 Å². The minimum atomic E-state index is -1.56. The molecule has 0 aromatic heterocycles. The molecule has 0 radical (unpaired) electrons. The molecule has 1 aromatic carbocycles. The van der Waals surface area contributed by atoms with Gasteiger partial charge in [0.05, 0.1) is 7.11 Å². The molecule has 0 unspecified atom stereocenters. The number of phenolic OH excluding ortho intramolecular Hbond substituents is 1. The number of carbonyl (C=O) groups excluding carboxylic acids is 4. The standard InChI is InChI=1S/C19H21IO11/c1-8(21)27-14-15(28-9(2)22)17(29-10(3)23)19(31-16(14)18(25)26-4)30-13-6-11(20)5-12(24)7-13/h5-7,14-17,19,24H,1-4H3/t14-,15+,16-,17+,19-/m0/s1. The maximum atomic E-state index is 12.3. The Balaban J connectivity index is 2.52. The molecule has 0 bridgehead atoms. The van der Waals surface area contributed by atoms with Crippen molar-refractivity contribution in [2.45, 2.75) is 51.5 Å². The Morgan fingerprint density at radius 3 is 1.97 bits per heavy atom. The van der Waals surface area contributed by atoms with Gasteiger partial charge in [0.2, 0.25) is 12.4 Å². The van der Waals surface area contributed by atoms with E-state index >= 15 is 0 Å². The number of esters is 4. The van der Waals surface area contributed by atoms with Crippen molar-refractivity contribution in [1.29, 1.82) is 0 Å². The molecule has 2 rings (SSSR count). The van der Waals surface area contributed by atoms with Crippen LogP contribution in [0.15, 0.2) is 18.2 Å². The number of aromatic hydroxyl groups is 1. The Labute approximate surface area is 191 Å². The molecule has 0 amide bonds. The number of halogens is 1. The third-order valence-corrected chi connectivity index (χ3v) is 4.57. The first kappa shape index (κ1) is 24.7. The van der Waals surface area contributed by atoms with Crippen LogP contribution in [-0.2, 0) is 42.9 Å². The highest BCUT2D eigenvalue weighted by molar-refractivity contribution is 14.1. The van der Waals surface area contributed by atoms with Gasteiger partial charge in [0.25, 0.3) is 0 Å². The normalized spacial score (nSPS) is 25.1. The zero-order valence-electron chi connectivity index (χ0n) is 17.0. The van der Waals surface area contributed by atoms with E-state index in [4.69, 9.17) is 28.4 Å². The SMILES string of the molecule is COC(=O)[C@H]1O[C@H](Oc2cc(O)cc(I)c2)[C@H](OC(C)=O)[C@H](OC(C)=O)[C@@H]1OC(C)=O. The molecule has 1 fully saturated rings. The lowest BCUT2D eigenvalue weighted by atomic mass is 9.97. The van der Waals surface area contributed by atoms with Gasteiger partial charge in [-0.1, -0.05) is 0 Å². The van der Waals surface area contributed by atoms with Crippen LogP contribution in [-0.4, -0.2) is 66.8 Å². The molecule has 0 saturated carbocycles. The van der Waals surface area contributed by atoms with Gasteiger partial charge in [-0.2, -0.15) is 0 Å². The van der Waals surface area contributed by atoms with E-state index < -0.39 is 54.6 Å². The average molecular weight is 552 g/mol. The van der Waals surface area contributed by atoms with Gasteiger partial charge in [0.1, 0.15) is 11.5 Å². The number of hydrogen-bond acceptors (Lipinski definition) is 11. The monoisotopic (exact) mass is 552 g/mol. The zero-order chi connectivity index (χ0) is 23.3. The highest BCUT2D eigenvalue weighted by atomic mass is 127. The predicted molar refractivity (Wildman–Crippen MR) is 109 cm³/mol. The van der Waals surface area contributed by atoms with E-state index in [1.807, 2.05) is 22.6 Å². The summed E-state index contributed by atoms with van der Waals surface area (Å²) in [6.45, 7) is 3.27. The van der Waals surface area contributed by atoms with Crippen LogP contribution in [0.2, 0.25) is 0 Å². The third kappa shape index (κ3) is 6.69. The molecule has 1 aliphatic heterocycles. The summed E-state index contributed by atoms with van der Waals surface area (Å²) in [6, 6.07) is 4.28. The molecule has 1 heterocycles. The van der Waals surface area contributed by atoms with Gasteiger partial charge < -0.3 is 33.5 Å². The minimum absolute atomic E-state index is 0.111. The number of carbonyl (C=O) groups is 4. The Bertz CT molecular complexity index is 835. The molecular weight excluding hydrogens is 531 g/mol. The summed E-state index contributed by atoms with van der Waals surface area (Å²) in [7, 11) is 1.09. The summed E-state index contributed by atoms with van der Waals surface area (Å²) < 4.78 is 32.3. The Kier molecular flexibility index (Phi) is 8.44. The first-order valence-corrected chi connectivity index (χ1v) is 10.0. The number of benzene rings is 1. The summed E-state index contributed by atoms with van der Waals surface area (Å²) in [5, 5.41) is 9.81. The van der Waals surface area contributed by atoms with Crippen molar-refractivity contribution in [3.05, 3.63) is 21.8 Å². The van der Waals surface area contributed by atoms with Gasteiger partial charge >= 0.3 is 23.9 Å². The molecule has 1 saturated heterocycles. The second-order valence-corrected chi connectivity index (χ2v) is 7.68. The van der Waals surface area contributed by atoms with Crippen molar-refractivity contribution in [3.8, 4) is 11.5 Å². The highest BCUT2D eigenvalue weighted by Crippen LogP contribution is 2.32. The first-order valence-electron chi connectivity index (χ1n) is 8.93. The van der Waals surface area contributed by atoms with Crippen molar-refractivity contribution in [3.63, 3.8) is 0 Å². The number of phenols is 1. The average Bonchev–Trinajstić information content (AvgIpc) is 2.63. The van der Waals surface area contributed by atoms with Crippen LogP contribution in [0.3, 0.4) is 0 Å². The van der Waals surface area contributed by atoms with E-state index in [0.29, 0.717) is 3.57 Å². The van der Waals surface area contributed by atoms with Gasteiger partial charge in [0.15, 0.2) is 18.3 Å². The number of hydrogen-bond donors (Lipinski definition) is 1. The van der Waals surface area contributed by atoms with Crippen molar-refractivity contribution in [2.75, 3.05) is 7.11 Å². The van der Waals surface area contributed by atoms with Crippen LogP contribution < -0.4 is 4.74 Å². The lowest BCUT2D eigenvalue weighted by Crippen LogP contribution is -2.64. The van der Waals surface area contributed by atoms with Gasteiger partial charge in [-0.15, -0.1) is 0 Å². The molecule has 31 heavy (non-hydrogen) atoms. The van der Waals surface area contributed by atoms with Crippen LogP contribution in [0.1, 0.15) is 20.8 Å². The molecule has 1 aromatic rings. The maximum Gasteiger partial charge on any atom is 0.339 e. The second-order valence-electron chi connectivity index (χ2n) is 6.43. The van der Waals surface area contributed by atoms with Crippen LogP contribution in [0.4, 0.5) is 0 Å². The van der Waals surface area contributed by atoms with Crippen LogP contribution in [0.5, 0.6) is 11.5 Å². The number of ether oxygens (including phenoxy) is 6. The molecule has 5 atom stereocenters. The minimum Gasteiger partial charge on any atom is -0.508 e. The lowest BCUT2D eigenvalue weighted by molar-refractivity contribution is -0.282. The quantitative estimate of drug-likeness (QED) is 0.308. The van der Waals surface area contributed by atoms with Crippen molar-refractivity contribution >= 4 is 46.5 Å². The fourth-order valence-corrected chi connectivity index (χ4v) is 3.55. The zero-order valence-corrected chi connectivity index (χ0v) is 19.2. The predicted octanol–water partition coefficient (Wildman–Crippen LogP) is 1.07. The van der Waals surface area contributed by atoms with Gasteiger partial charge in [0, 0.05) is 30.4 Å². The summed E-state index contributed by atoms with van der Waals surface area (Å²) in [5.41, 5.74) is 0. The third-order valence-electron chi connectivity index (χ3n) is 3.94. The molecule has 1 aliphatic rings. The first-order chi connectivity index (χ1) is 14.5. The van der Waals surface area contributed by atoms with Crippen LogP contribution in [0.25, 0.3) is 0 Å². The summed E-state index contributed by atoms with van der Waals surface area (Å²) >= 11 is 1.94. The van der Waals surface area contributed by atoms with E-state index in [2.05, 4.69) is 0 Å². The summed E-state index contributed by atoms with van der Waals surface area (Å²) in [6.07, 6.45) is -7.41. The number of rotatable bonds is 6. The van der Waals surface area contributed by atoms with Crippen LogP contribution in [0, 0.1) is 3.57 Å².